The molecular formula is C15H17BrOS. The third-order valence-electron chi connectivity index (χ3n) is 3.42. The van der Waals surface area contributed by atoms with Crippen LogP contribution in [0.5, 0.6) is 0 Å². The highest BCUT2D eigenvalue weighted by molar-refractivity contribution is 9.11. The third kappa shape index (κ3) is 2.53. The molecule has 0 fully saturated rings. The summed E-state index contributed by atoms with van der Waals surface area (Å²) in [4.78, 5) is 1.17. The van der Waals surface area contributed by atoms with Crippen molar-refractivity contribution in [2.75, 3.05) is 0 Å². The van der Waals surface area contributed by atoms with Crippen LogP contribution < -0.4 is 0 Å². The Morgan fingerprint density at radius 1 is 1.22 bits per heavy atom. The molecule has 0 radical (unpaired) electrons. The molecule has 1 aromatic heterocycles. The molecule has 1 N–H and O–H groups in total. The van der Waals surface area contributed by atoms with E-state index in [1.807, 2.05) is 24.3 Å². The van der Waals surface area contributed by atoms with Gasteiger partial charge in [0.25, 0.3) is 0 Å². The third-order valence-corrected chi connectivity index (χ3v) is 4.99. The molecule has 0 spiro atoms. The molecule has 1 atom stereocenters. The molecule has 1 unspecified atom stereocenters. The summed E-state index contributed by atoms with van der Waals surface area (Å²) in [7, 11) is 0. The largest absolute Gasteiger partial charge is 0.387 e. The van der Waals surface area contributed by atoms with Crippen LogP contribution in [-0.4, -0.2) is 5.11 Å². The SMILES string of the molecule is Cc1sc(Br)cc1C(O)C(C)(C)c1ccccc1. The van der Waals surface area contributed by atoms with E-state index in [9.17, 15) is 5.11 Å². The molecule has 1 heterocycles. The fourth-order valence-corrected chi connectivity index (χ4v) is 3.89. The van der Waals surface area contributed by atoms with Gasteiger partial charge < -0.3 is 5.11 Å². The van der Waals surface area contributed by atoms with Crippen molar-refractivity contribution in [3.63, 3.8) is 0 Å². The molecule has 0 amide bonds. The van der Waals surface area contributed by atoms with E-state index in [4.69, 9.17) is 0 Å². The predicted molar refractivity (Wildman–Crippen MR) is 81.2 cm³/mol. The van der Waals surface area contributed by atoms with E-state index in [1.54, 1.807) is 11.3 Å². The first kappa shape index (κ1) is 13.8. The fourth-order valence-electron chi connectivity index (χ4n) is 2.14. The first-order valence-electron chi connectivity index (χ1n) is 5.92. The van der Waals surface area contributed by atoms with Gasteiger partial charge in [-0.1, -0.05) is 44.2 Å². The van der Waals surface area contributed by atoms with Crippen LogP contribution in [0.25, 0.3) is 0 Å². The summed E-state index contributed by atoms with van der Waals surface area (Å²) in [6.07, 6.45) is -0.498. The van der Waals surface area contributed by atoms with E-state index in [0.717, 1.165) is 14.9 Å². The van der Waals surface area contributed by atoms with Crippen molar-refractivity contribution < 1.29 is 5.11 Å². The molecule has 0 aliphatic heterocycles. The molecule has 0 bridgehead atoms. The van der Waals surface area contributed by atoms with E-state index in [2.05, 4.69) is 48.8 Å². The van der Waals surface area contributed by atoms with Crippen LogP contribution in [0.1, 0.15) is 36.0 Å². The number of aliphatic hydroxyl groups excluding tert-OH is 1. The number of aliphatic hydroxyl groups is 1. The molecule has 0 saturated heterocycles. The molecule has 2 rings (SSSR count). The lowest BCUT2D eigenvalue weighted by Crippen LogP contribution is -2.26. The zero-order chi connectivity index (χ0) is 13.3. The van der Waals surface area contributed by atoms with Crippen LogP contribution in [0, 0.1) is 6.92 Å². The van der Waals surface area contributed by atoms with Crippen molar-refractivity contribution in [3.8, 4) is 0 Å². The number of aryl methyl sites for hydroxylation is 1. The lowest BCUT2D eigenvalue weighted by Gasteiger charge is -2.31. The summed E-state index contributed by atoms with van der Waals surface area (Å²) < 4.78 is 1.07. The van der Waals surface area contributed by atoms with Gasteiger partial charge in [-0.05, 0) is 40.0 Å². The lowest BCUT2D eigenvalue weighted by molar-refractivity contribution is 0.100. The maximum atomic E-state index is 10.7. The Hall–Kier alpha value is -0.640. The van der Waals surface area contributed by atoms with Gasteiger partial charge in [-0.3, -0.25) is 0 Å². The lowest BCUT2D eigenvalue weighted by atomic mass is 9.77. The smallest absolute Gasteiger partial charge is 0.0892 e. The molecular weight excluding hydrogens is 308 g/mol. The van der Waals surface area contributed by atoms with Gasteiger partial charge in [0.2, 0.25) is 0 Å². The standard InChI is InChI=1S/C15H17BrOS/c1-10-12(9-13(16)18-10)14(17)15(2,3)11-7-5-4-6-8-11/h4-9,14,17H,1-3H3. The summed E-state index contributed by atoms with van der Waals surface area (Å²) in [5.41, 5.74) is 1.87. The van der Waals surface area contributed by atoms with Crippen molar-refractivity contribution in [2.45, 2.75) is 32.3 Å². The van der Waals surface area contributed by atoms with E-state index in [1.165, 1.54) is 4.88 Å². The minimum absolute atomic E-state index is 0.299. The average molecular weight is 325 g/mol. The molecule has 18 heavy (non-hydrogen) atoms. The fraction of sp³-hybridized carbons (Fsp3) is 0.333. The second-order valence-electron chi connectivity index (χ2n) is 5.05. The van der Waals surface area contributed by atoms with Crippen LogP contribution >= 0.6 is 27.3 Å². The van der Waals surface area contributed by atoms with Gasteiger partial charge in [-0.2, -0.15) is 0 Å². The van der Waals surface area contributed by atoms with Gasteiger partial charge in [-0.25, -0.2) is 0 Å². The predicted octanol–water partition coefficient (Wildman–Crippen LogP) is 4.83. The number of thiophene rings is 1. The molecule has 0 aliphatic carbocycles. The van der Waals surface area contributed by atoms with Gasteiger partial charge in [0, 0.05) is 10.3 Å². The molecule has 0 aliphatic rings. The van der Waals surface area contributed by atoms with Crippen LogP contribution in [0.3, 0.4) is 0 Å². The molecule has 0 saturated carbocycles. The Kier molecular flexibility index (Phi) is 3.95. The molecule has 1 aromatic carbocycles. The maximum Gasteiger partial charge on any atom is 0.0892 e. The van der Waals surface area contributed by atoms with Crippen LogP contribution in [-0.2, 0) is 5.41 Å². The van der Waals surface area contributed by atoms with Crippen molar-refractivity contribution in [1.82, 2.24) is 0 Å². The Morgan fingerprint density at radius 3 is 2.33 bits per heavy atom. The zero-order valence-electron chi connectivity index (χ0n) is 10.8. The summed E-state index contributed by atoms with van der Waals surface area (Å²) in [6.45, 7) is 6.21. The first-order chi connectivity index (χ1) is 8.43. The summed E-state index contributed by atoms with van der Waals surface area (Å²) in [5, 5.41) is 10.7. The van der Waals surface area contributed by atoms with Crippen LogP contribution in [0.2, 0.25) is 0 Å². The topological polar surface area (TPSA) is 20.2 Å². The number of rotatable bonds is 3. The molecule has 96 valence electrons. The van der Waals surface area contributed by atoms with Crippen LogP contribution in [0.15, 0.2) is 40.2 Å². The Labute approximate surface area is 121 Å². The minimum atomic E-state index is -0.498. The minimum Gasteiger partial charge on any atom is -0.387 e. The van der Waals surface area contributed by atoms with E-state index in [0.29, 0.717) is 0 Å². The average Bonchev–Trinajstić information content (AvgIpc) is 2.68. The first-order valence-corrected chi connectivity index (χ1v) is 7.53. The summed E-state index contributed by atoms with van der Waals surface area (Å²) in [6, 6.07) is 12.2. The highest BCUT2D eigenvalue weighted by Gasteiger charge is 2.32. The van der Waals surface area contributed by atoms with E-state index >= 15 is 0 Å². The summed E-state index contributed by atoms with van der Waals surface area (Å²) in [5.74, 6) is 0. The van der Waals surface area contributed by atoms with E-state index in [-0.39, 0.29) is 5.41 Å². The van der Waals surface area contributed by atoms with Gasteiger partial charge >= 0.3 is 0 Å². The van der Waals surface area contributed by atoms with Crippen molar-refractivity contribution in [1.29, 1.82) is 0 Å². The monoisotopic (exact) mass is 324 g/mol. The second kappa shape index (κ2) is 5.16. The van der Waals surface area contributed by atoms with Crippen molar-refractivity contribution in [3.05, 3.63) is 56.2 Å². The highest BCUT2D eigenvalue weighted by atomic mass is 79.9. The quantitative estimate of drug-likeness (QED) is 0.857. The number of halogens is 1. The molecule has 2 aromatic rings. The normalized spacial score (nSPS) is 13.6. The number of hydrogen-bond donors (Lipinski definition) is 1. The Morgan fingerprint density at radius 2 is 1.83 bits per heavy atom. The molecule has 1 nitrogen and oxygen atoms in total. The second-order valence-corrected chi connectivity index (χ2v) is 7.69. The van der Waals surface area contributed by atoms with Crippen LogP contribution in [0.4, 0.5) is 0 Å². The number of benzene rings is 1. The van der Waals surface area contributed by atoms with Gasteiger partial charge in [0.1, 0.15) is 0 Å². The molecule has 3 heteroatoms. The number of hydrogen-bond acceptors (Lipinski definition) is 2. The maximum absolute atomic E-state index is 10.7. The van der Waals surface area contributed by atoms with Crippen molar-refractivity contribution >= 4 is 27.3 Å². The summed E-state index contributed by atoms with van der Waals surface area (Å²) >= 11 is 5.15. The zero-order valence-corrected chi connectivity index (χ0v) is 13.2. The Balaban J connectivity index is 2.39. The van der Waals surface area contributed by atoms with Crippen molar-refractivity contribution in [2.24, 2.45) is 0 Å². The highest BCUT2D eigenvalue weighted by Crippen LogP contribution is 2.41. The van der Waals surface area contributed by atoms with E-state index < -0.39 is 6.10 Å². The van der Waals surface area contributed by atoms with Gasteiger partial charge in [0.05, 0.1) is 9.89 Å². The Bertz CT molecular complexity index is 531. The van der Waals surface area contributed by atoms with Gasteiger partial charge in [0.15, 0.2) is 0 Å². The van der Waals surface area contributed by atoms with Gasteiger partial charge in [-0.15, -0.1) is 11.3 Å².